The van der Waals surface area contributed by atoms with Crippen molar-refractivity contribution in [3.8, 4) is 0 Å². The molecule has 0 spiro atoms. The van der Waals surface area contributed by atoms with Gasteiger partial charge in [0.05, 0.1) is 39.2 Å². The zero-order chi connectivity index (χ0) is 20.5. The zero-order valence-corrected chi connectivity index (χ0v) is 20.7. The van der Waals surface area contributed by atoms with Crippen molar-refractivity contribution >= 4 is 5.97 Å². The average Bonchev–Trinajstić information content (AvgIpc) is 2.73. The Labute approximate surface area is 190 Å². The first-order chi connectivity index (χ1) is 13.7. The Morgan fingerprint density at radius 2 is 1.34 bits per heavy atom. The number of ether oxygens (including phenoxy) is 1. The van der Waals surface area contributed by atoms with Crippen LogP contribution >= 0.6 is 0 Å². The summed E-state index contributed by atoms with van der Waals surface area (Å²) in [5.41, 5.74) is 1.36. The molecule has 0 aromatic heterocycles. The summed E-state index contributed by atoms with van der Waals surface area (Å²) >= 11 is 0. The molecule has 0 saturated heterocycles. The van der Waals surface area contributed by atoms with E-state index < -0.39 is 0 Å². The first kappa shape index (κ1) is 28.1. The number of hydrogen-bond donors (Lipinski definition) is 0. The van der Waals surface area contributed by atoms with Crippen molar-refractivity contribution in [3.63, 3.8) is 0 Å². The van der Waals surface area contributed by atoms with Gasteiger partial charge in [0.1, 0.15) is 0 Å². The molecule has 1 rings (SSSR count). The van der Waals surface area contributed by atoms with Crippen LogP contribution in [0.2, 0.25) is 0 Å². The van der Waals surface area contributed by atoms with E-state index in [4.69, 9.17) is 4.74 Å². The van der Waals surface area contributed by atoms with E-state index >= 15 is 0 Å². The van der Waals surface area contributed by atoms with Crippen LogP contribution < -0.4 is 17.0 Å². The van der Waals surface area contributed by atoms with Crippen LogP contribution in [0.5, 0.6) is 0 Å². The molecule has 0 heterocycles. The van der Waals surface area contributed by atoms with Crippen LogP contribution in [0.15, 0.2) is 30.3 Å². The van der Waals surface area contributed by atoms with Crippen molar-refractivity contribution in [1.82, 2.24) is 0 Å². The van der Waals surface area contributed by atoms with E-state index in [1.165, 1.54) is 63.7 Å². The van der Waals surface area contributed by atoms with Gasteiger partial charge in [0, 0.05) is 0 Å². The van der Waals surface area contributed by atoms with Gasteiger partial charge in [-0.2, -0.15) is 0 Å². The Morgan fingerprint density at radius 3 is 1.86 bits per heavy atom. The predicted molar refractivity (Wildman–Crippen MR) is 119 cm³/mol. The lowest BCUT2D eigenvalue weighted by atomic mass is 10.1. The Hall–Kier alpha value is -0.870. The van der Waals surface area contributed by atoms with Crippen LogP contribution in [0.3, 0.4) is 0 Å². The van der Waals surface area contributed by atoms with Crippen LogP contribution in [0.25, 0.3) is 0 Å². The van der Waals surface area contributed by atoms with E-state index in [1.54, 1.807) is 0 Å². The maximum atomic E-state index is 12.3. The molecule has 4 heteroatoms. The fraction of sp³-hybridized carbons (Fsp3) is 0.720. The molecule has 0 aliphatic carbocycles. The van der Waals surface area contributed by atoms with Crippen LogP contribution in [-0.2, 0) is 16.0 Å². The van der Waals surface area contributed by atoms with Gasteiger partial charge >= 0.3 is 5.97 Å². The van der Waals surface area contributed by atoms with Crippen LogP contribution in [0.1, 0.15) is 84.1 Å². The maximum absolute atomic E-state index is 12.3. The molecular formula is C25H44BrNO2. The number of quaternary nitrogens is 1. The summed E-state index contributed by atoms with van der Waals surface area (Å²) in [6.45, 7) is 11.9. The van der Waals surface area contributed by atoms with Crippen molar-refractivity contribution in [2.45, 2.75) is 85.0 Å². The van der Waals surface area contributed by atoms with Gasteiger partial charge in [0.15, 0.2) is 0 Å². The monoisotopic (exact) mass is 469 g/mol. The summed E-state index contributed by atoms with van der Waals surface area (Å²) in [5, 5.41) is 0. The lowest BCUT2D eigenvalue weighted by Crippen LogP contribution is -3.00. The Balaban J connectivity index is 0.00000784. The van der Waals surface area contributed by atoms with Crippen LogP contribution in [0.4, 0.5) is 0 Å². The highest BCUT2D eigenvalue weighted by atomic mass is 79.9. The summed E-state index contributed by atoms with van der Waals surface area (Å²) in [6, 6.07) is 10.5. The molecule has 0 aliphatic heterocycles. The van der Waals surface area contributed by atoms with Gasteiger partial charge in [-0.05, 0) is 44.1 Å². The fourth-order valence-electron chi connectivity index (χ4n) is 3.81. The number of nitrogens with zero attached hydrogens (tertiary/aromatic N) is 1. The fourth-order valence-corrected chi connectivity index (χ4v) is 3.81. The van der Waals surface area contributed by atoms with E-state index in [0.29, 0.717) is 13.0 Å². The summed E-state index contributed by atoms with van der Waals surface area (Å²) < 4.78 is 6.65. The molecule has 0 aliphatic rings. The first-order valence-electron chi connectivity index (χ1n) is 11.7. The molecule has 1 aromatic carbocycles. The summed E-state index contributed by atoms with van der Waals surface area (Å²) in [4.78, 5) is 12.3. The number of rotatable bonds is 17. The minimum atomic E-state index is -0.00768. The number of carbonyl (C=O) groups excluding carboxylic acids is 1. The molecule has 1 aromatic rings. The smallest absolute Gasteiger partial charge is 0.311 e. The molecule has 29 heavy (non-hydrogen) atoms. The highest BCUT2D eigenvalue weighted by Gasteiger charge is 2.26. The standard InChI is InChI=1S/C25H44NO2.BrH/c1-4-7-19-26(20-8-5-2,21-9-6-3)22-18-25(27)28-23-14-13-17-24-15-11-10-12-16-24;/h10-12,15-16H,4-9,13-14,17-23H2,1-3H3;1H/q+1;/p-1. The number of hydrogen-bond acceptors (Lipinski definition) is 2. The van der Waals surface area contributed by atoms with E-state index in [9.17, 15) is 4.79 Å². The van der Waals surface area contributed by atoms with Crippen molar-refractivity contribution in [2.24, 2.45) is 0 Å². The van der Waals surface area contributed by atoms with E-state index in [0.717, 1.165) is 30.3 Å². The van der Waals surface area contributed by atoms with E-state index in [2.05, 4.69) is 45.0 Å². The third kappa shape index (κ3) is 13.1. The Bertz CT molecular complexity index is 485. The number of benzene rings is 1. The number of aryl methyl sites for hydroxylation is 1. The van der Waals surface area contributed by atoms with Gasteiger partial charge in [-0.1, -0.05) is 70.4 Å². The Morgan fingerprint density at radius 1 is 0.793 bits per heavy atom. The highest BCUT2D eigenvalue weighted by molar-refractivity contribution is 5.69. The maximum Gasteiger partial charge on any atom is 0.311 e. The van der Waals surface area contributed by atoms with Crippen molar-refractivity contribution in [3.05, 3.63) is 35.9 Å². The molecular weight excluding hydrogens is 426 g/mol. The molecule has 0 amide bonds. The Kier molecular flexibility index (Phi) is 17.4. The van der Waals surface area contributed by atoms with Crippen molar-refractivity contribution in [1.29, 1.82) is 0 Å². The number of esters is 1. The van der Waals surface area contributed by atoms with E-state index in [1.807, 2.05) is 6.07 Å². The highest BCUT2D eigenvalue weighted by Crippen LogP contribution is 2.16. The summed E-state index contributed by atoms with van der Waals surface area (Å²) in [6.07, 6.45) is 11.1. The molecule has 0 saturated carbocycles. The predicted octanol–water partition coefficient (Wildman–Crippen LogP) is 3.16. The molecule has 0 fully saturated rings. The average molecular weight is 471 g/mol. The van der Waals surface area contributed by atoms with Crippen molar-refractivity contribution in [2.75, 3.05) is 32.8 Å². The second-order valence-corrected chi connectivity index (χ2v) is 8.21. The second kappa shape index (κ2) is 17.9. The van der Waals surface area contributed by atoms with Crippen LogP contribution in [-0.4, -0.2) is 43.2 Å². The van der Waals surface area contributed by atoms with Crippen molar-refractivity contribution < 1.29 is 31.0 Å². The molecule has 168 valence electrons. The van der Waals surface area contributed by atoms with Gasteiger partial charge in [0.25, 0.3) is 0 Å². The molecule has 0 radical (unpaired) electrons. The number of unbranched alkanes of at least 4 members (excludes halogenated alkanes) is 4. The van der Waals surface area contributed by atoms with Gasteiger partial charge in [-0.3, -0.25) is 4.79 Å². The molecule has 3 nitrogen and oxygen atoms in total. The number of halogens is 1. The molecule has 0 unspecified atom stereocenters. The van der Waals surface area contributed by atoms with Gasteiger partial charge < -0.3 is 26.2 Å². The van der Waals surface area contributed by atoms with Gasteiger partial charge in [-0.15, -0.1) is 0 Å². The second-order valence-electron chi connectivity index (χ2n) is 8.21. The molecule has 0 N–H and O–H groups in total. The third-order valence-electron chi connectivity index (χ3n) is 5.71. The lowest BCUT2D eigenvalue weighted by molar-refractivity contribution is -0.928. The lowest BCUT2D eigenvalue weighted by Gasteiger charge is -2.39. The van der Waals surface area contributed by atoms with Crippen LogP contribution in [0, 0.1) is 0 Å². The van der Waals surface area contributed by atoms with Gasteiger partial charge in [-0.25, -0.2) is 0 Å². The minimum Gasteiger partial charge on any atom is -1.00 e. The SMILES string of the molecule is CCCC[N+](CCCC)(CCCC)CCC(=O)OCCCCc1ccccc1.[Br-]. The first-order valence-corrected chi connectivity index (χ1v) is 11.7. The summed E-state index contributed by atoms with van der Waals surface area (Å²) in [7, 11) is 0. The summed E-state index contributed by atoms with van der Waals surface area (Å²) in [5.74, 6) is -0.00768. The zero-order valence-electron chi connectivity index (χ0n) is 19.1. The minimum absolute atomic E-state index is 0. The quantitative estimate of drug-likeness (QED) is 0.199. The largest absolute Gasteiger partial charge is 1.00 e. The number of carbonyl (C=O) groups is 1. The molecule has 0 atom stereocenters. The normalized spacial score (nSPS) is 11.1. The van der Waals surface area contributed by atoms with E-state index in [-0.39, 0.29) is 23.0 Å². The topological polar surface area (TPSA) is 26.3 Å². The van der Waals surface area contributed by atoms with Gasteiger partial charge in [0.2, 0.25) is 0 Å². The third-order valence-corrected chi connectivity index (χ3v) is 5.71. The molecule has 0 bridgehead atoms.